The average Bonchev–Trinajstić information content (AvgIpc) is 2.88. The molecule has 0 aliphatic carbocycles. The molecule has 102 valence electrons. The topological polar surface area (TPSA) is 64.8 Å². The highest BCUT2D eigenvalue weighted by molar-refractivity contribution is 5.98. The first-order chi connectivity index (χ1) is 9.22. The van der Waals surface area contributed by atoms with Crippen molar-refractivity contribution in [1.82, 2.24) is 4.90 Å². The van der Waals surface area contributed by atoms with Crippen LogP contribution in [-0.2, 0) is 0 Å². The third kappa shape index (κ3) is 2.72. The molecule has 2 heterocycles. The Labute approximate surface area is 112 Å². The lowest BCUT2D eigenvalue weighted by atomic mass is 10.0. The Hall–Kier alpha value is -1.59. The van der Waals surface area contributed by atoms with Crippen LogP contribution in [0.1, 0.15) is 23.2 Å². The van der Waals surface area contributed by atoms with E-state index in [1.807, 2.05) is 0 Å². The lowest BCUT2D eigenvalue weighted by Crippen LogP contribution is -2.41. The Morgan fingerprint density at radius 2 is 2.00 bits per heavy atom. The van der Waals surface area contributed by atoms with E-state index in [0.29, 0.717) is 23.6 Å². The normalized spacial score (nSPS) is 19.6. The van der Waals surface area contributed by atoms with Crippen LogP contribution in [0.15, 0.2) is 18.2 Å². The lowest BCUT2D eigenvalue weighted by molar-refractivity contribution is 0.0909. The van der Waals surface area contributed by atoms with Crippen LogP contribution in [-0.4, -0.2) is 43.2 Å². The minimum atomic E-state index is 0.119. The summed E-state index contributed by atoms with van der Waals surface area (Å²) >= 11 is 0. The molecule has 1 aromatic carbocycles. The van der Waals surface area contributed by atoms with Crippen molar-refractivity contribution in [3.8, 4) is 11.5 Å². The maximum Gasteiger partial charge on any atom is 0.231 e. The van der Waals surface area contributed by atoms with Gasteiger partial charge in [-0.15, -0.1) is 0 Å². The summed E-state index contributed by atoms with van der Waals surface area (Å²) < 4.78 is 10.5. The average molecular weight is 262 g/mol. The number of nitrogens with zero attached hydrogens (tertiary/aromatic N) is 1. The summed E-state index contributed by atoms with van der Waals surface area (Å²) in [4.78, 5) is 14.4. The van der Waals surface area contributed by atoms with Gasteiger partial charge >= 0.3 is 0 Å². The Kier molecular flexibility index (Phi) is 3.40. The van der Waals surface area contributed by atoms with Crippen LogP contribution in [0.25, 0.3) is 0 Å². The molecule has 0 atom stereocenters. The Morgan fingerprint density at radius 3 is 2.79 bits per heavy atom. The van der Waals surface area contributed by atoms with Gasteiger partial charge in [0.05, 0.1) is 6.54 Å². The second-order valence-corrected chi connectivity index (χ2v) is 5.10. The summed E-state index contributed by atoms with van der Waals surface area (Å²) in [7, 11) is 0. The minimum Gasteiger partial charge on any atom is -0.454 e. The van der Waals surface area contributed by atoms with Gasteiger partial charge < -0.3 is 15.2 Å². The third-order valence-electron chi connectivity index (χ3n) is 3.69. The third-order valence-corrected chi connectivity index (χ3v) is 3.69. The van der Waals surface area contributed by atoms with Crippen LogP contribution in [0.4, 0.5) is 0 Å². The Balaban J connectivity index is 1.64. The van der Waals surface area contributed by atoms with Gasteiger partial charge in [-0.3, -0.25) is 9.69 Å². The van der Waals surface area contributed by atoms with Gasteiger partial charge in [-0.2, -0.15) is 0 Å². The van der Waals surface area contributed by atoms with Gasteiger partial charge in [0.2, 0.25) is 6.79 Å². The zero-order chi connectivity index (χ0) is 13.2. The molecular formula is C14H18N2O3. The number of fused-ring (bicyclic) bond motifs is 1. The zero-order valence-corrected chi connectivity index (χ0v) is 10.8. The van der Waals surface area contributed by atoms with E-state index >= 15 is 0 Å². The van der Waals surface area contributed by atoms with Crippen LogP contribution in [0.2, 0.25) is 0 Å². The first-order valence-electron chi connectivity index (χ1n) is 6.63. The van der Waals surface area contributed by atoms with Gasteiger partial charge in [-0.25, -0.2) is 0 Å². The maximum atomic E-state index is 12.2. The fraction of sp³-hybridized carbons (Fsp3) is 0.500. The Bertz CT molecular complexity index is 482. The van der Waals surface area contributed by atoms with E-state index in [0.717, 1.165) is 25.9 Å². The number of likely N-dealkylation sites (tertiary alicyclic amines) is 1. The van der Waals surface area contributed by atoms with Gasteiger partial charge in [-0.1, -0.05) is 0 Å². The monoisotopic (exact) mass is 262 g/mol. The van der Waals surface area contributed by atoms with E-state index in [9.17, 15) is 4.79 Å². The molecular weight excluding hydrogens is 244 g/mol. The minimum absolute atomic E-state index is 0.119. The van der Waals surface area contributed by atoms with E-state index in [1.54, 1.807) is 18.2 Å². The predicted octanol–water partition coefficient (Wildman–Crippen LogP) is 1.02. The largest absolute Gasteiger partial charge is 0.454 e. The molecule has 1 fully saturated rings. The molecule has 0 unspecified atom stereocenters. The van der Waals surface area contributed by atoms with Gasteiger partial charge in [0.1, 0.15) is 0 Å². The molecule has 2 N–H and O–H groups in total. The predicted molar refractivity (Wildman–Crippen MR) is 70.5 cm³/mol. The maximum absolute atomic E-state index is 12.2. The van der Waals surface area contributed by atoms with Crippen LogP contribution in [0.3, 0.4) is 0 Å². The first-order valence-corrected chi connectivity index (χ1v) is 6.63. The standard InChI is InChI=1S/C14H18N2O3/c15-11-3-5-16(6-4-11)8-12(17)10-1-2-13-14(7-10)19-9-18-13/h1-2,7,11H,3-6,8-9,15H2. The molecule has 0 spiro atoms. The van der Waals surface area contributed by atoms with Crippen LogP contribution < -0.4 is 15.2 Å². The molecule has 3 rings (SSSR count). The number of piperidine rings is 1. The van der Waals surface area contributed by atoms with Gasteiger partial charge in [-0.05, 0) is 31.0 Å². The number of carbonyl (C=O) groups is 1. The van der Waals surface area contributed by atoms with Crippen molar-refractivity contribution in [3.05, 3.63) is 23.8 Å². The first kappa shape index (κ1) is 12.4. The summed E-state index contributed by atoms with van der Waals surface area (Å²) in [5, 5.41) is 0. The second-order valence-electron chi connectivity index (χ2n) is 5.10. The number of ketones is 1. The van der Waals surface area contributed by atoms with Crippen LogP contribution >= 0.6 is 0 Å². The van der Waals surface area contributed by atoms with E-state index in [1.165, 1.54) is 0 Å². The highest BCUT2D eigenvalue weighted by Crippen LogP contribution is 2.32. The highest BCUT2D eigenvalue weighted by atomic mass is 16.7. The molecule has 5 heteroatoms. The number of benzene rings is 1. The van der Waals surface area contributed by atoms with Crippen molar-refractivity contribution < 1.29 is 14.3 Å². The summed E-state index contributed by atoms with van der Waals surface area (Å²) in [5.41, 5.74) is 6.54. The molecule has 2 aliphatic rings. The molecule has 0 radical (unpaired) electrons. The van der Waals surface area contributed by atoms with Crippen LogP contribution in [0, 0.1) is 0 Å². The molecule has 0 saturated carbocycles. The fourth-order valence-corrected chi connectivity index (χ4v) is 2.48. The molecule has 19 heavy (non-hydrogen) atoms. The van der Waals surface area contributed by atoms with Crippen molar-refractivity contribution in [2.75, 3.05) is 26.4 Å². The molecule has 0 bridgehead atoms. The van der Waals surface area contributed by atoms with Crippen molar-refractivity contribution >= 4 is 5.78 Å². The van der Waals surface area contributed by atoms with Gasteiger partial charge in [0, 0.05) is 24.7 Å². The SMILES string of the molecule is NC1CCN(CC(=O)c2ccc3c(c2)OCO3)CC1. The number of hydrogen-bond acceptors (Lipinski definition) is 5. The number of carbonyl (C=O) groups excluding carboxylic acids is 1. The molecule has 1 aromatic rings. The lowest BCUT2D eigenvalue weighted by Gasteiger charge is -2.29. The summed E-state index contributed by atoms with van der Waals surface area (Å²) in [6.07, 6.45) is 1.93. The highest BCUT2D eigenvalue weighted by Gasteiger charge is 2.20. The number of nitrogens with two attached hydrogens (primary N) is 1. The second kappa shape index (κ2) is 5.19. The summed E-state index contributed by atoms with van der Waals surface area (Å²) in [6, 6.07) is 5.64. The molecule has 5 nitrogen and oxygen atoms in total. The number of hydrogen-bond donors (Lipinski definition) is 1. The molecule has 0 amide bonds. The molecule has 2 aliphatic heterocycles. The summed E-state index contributed by atoms with van der Waals surface area (Å²) in [6.45, 7) is 2.48. The van der Waals surface area contributed by atoms with E-state index < -0.39 is 0 Å². The van der Waals surface area contributed by atoms with Crippen molar-refractivity contribution in [2.24, 2.45) is 5.73 Å². The number of Topliss-reactive ketones (excluding diaryl/α,β-unsaturated/α-hetero) is 1. The smallest absolute Gasteiger partial charge is 0.231 e. The van der Waals surface area contributed by atoms with Gasteiger partial charge in [0.15, 0.2) is 17.3 Å². The number of ether oxygens (including phenoxy) is 2. The van der Waals surface area contributed by atoms with E-state index in [2.05, 4.69) is 4.90 Å². The quantitative estimate of drug-likeness (QED) is 0.824. The van der Waals surface area contributed by atoms with Gasteiger partial charge in [0.25, 0.3) is 0 Å². The molecule has 0 aromatic heterocycles. The Morgan fingerprint density at radius 1 is 1.26 bits per heavy atom. The number of rotatable bonds is 3. The zero-order valence-electron chi connectivity index (χ0n) is 10.8. The van der Waals surface area contributed by atoms with Crippen molar-refractivity contribution in [3.63, 3.8) is 0 Å². The van der Waals surface area contributed by atoms with Crippen LogP contribution in [0.5, 0.6) is 11.5 Å². The fourth-order valence-electron chi connectivity index (χ4n) is 2.48. The van der Waals surface area contributed by atoms with E-state index in [-0.39, 0.29) is 18.6 Å². The van der Waals surface area contributed by atoms with Crippen molar-refractivity contribution in [1.29, 1.82) is 0 Å². The molecule has 1 saturated heterocycles. The van der Waals surface area contributed by atoms with E-state index in [4.69, 9.17) is 15.2 Å². The van der Waals surface area contributed by atoms with Crippen molar-refractivity contribution in [2.45, 2.75) is 18.9 Å². The summed E-state index contributed by atoms with van der Waals surface area (Å²) in [5.74, 6) is 1.49.